The minimum atomic E-state index is -0.930. The molecule has 21 heavy (non-hydrogen) atoms. The van der Waals surface area contributed by atoms with Crippen molar-refractivity contribution < 1.29 is 14.7 Å². The highest BCUT2D eigenvalue weighted by atomic mass is 79.9. The van der Waals surface area contributed by atoms with E-state index in [-0.39, 0.29) is 17.9 Å². The van der Waals surface area contributed by atoms with Gasteiger partial charge in [0.1, 0.15) is 0 Å². The fraction of sp³-hybridized carbons (Fsp3) is 0.467. The summed E-state index contributed by atoms with van der Waals surface area (Å²) >= 11 is 3.41. The molecule has 1 atom stereocenters. The molecule has 0 heterocycles. The molecule has 0 spiro atoms. The van der Waals surface area contributed by atoms with Crippen molar-refractivity contribution in [3.8, 4) is 0 Å². The van der Waals surface area contributed by atoms with Crippen LogP contribution in [0.3, 0.4) is 0 Å². The van der Waals surface area contributed by atoms with E-state index in [4.69, 9.17) is 5.11 Å². The maximum atomic E-state index is 11.9. The van der Waals surface area contributed by atoms with Crippen LogP contribution in [0.1, 0.15) is 32.8 Å². The van der Waals surface area contributed by atoms with Gasteiger partial charge in [-0.15, -0.1) is 0 Å². The van der Waals surface area contributed by atoms with Gasteiger partial charge in [0, 0.05) is 17.1 Å². The number of amides is 2. The van der Waals surface area contributed by atoms with E-state index in [1.54, 1.807) is 0 Å². The lowest BCUT2D eigenvalue weighted by Crippen LogP contribution is -2.48. The Kier molecular flexibility index (Phi) is 6.20. The maximum Gasteiger partial charge on any atom is 0.315 e. The Morgan fingerprint density at radius 3 is 2.43 bits per heavy atom. The van der Waals surface area contributed by atoms with Crippen LogP contribution in [-0.4, -0.2) is 23.1 Å². The summed E-state index contributed by atoms with van der Waals surface area (Å²) in [6.45, 7) is 6.06. The van der Waals surface area contributed by atoms with E-state index < -0.39 is 12.0 Å². The molecular weight excluding hydrogens is 336 g/mol. The molecular formula is C15H21BrN2O3. The highest BCUT2D eigenvalue weighted by molar-refractivity contribution is 9.10. The summed E-state index contributed by atoms with van der Waals surface area (Å²) in [6, 6.07) is 6.79. The molecule has 0 radical (unpaired) electrons. The van der Waals surface area contributed by atoms with Crippen molar-refractivity contribution in [2.45, 2.75) is 39.8 Å². The second-order valence-electron chi connectivity index (χ2n) is 5.93. The molecule has 0 saturated heterocycles. The molecule has 1 aromatic rings. The zero-order chi connectivity index (χ0) is 16.0. The number of hydrogen-bond acceptors (Lipinski definition) is 2. The summed E-state index contributed by atoms with van der Waals surface area (Å²) in [6.07, 6.45) is -0.105. The molecule has 2 amide bonds. The summed E-state index contributed by atoms with van der Waals surface area (Å²) < 4.78 is 0.920. The third-order valence-electron chi connectivity index (χ3n) is 3.13. The first kappa shape index (κ1) is 17.5. The number of carboxylic acid groups (broad SMARTS) is 1. The second-order valence-corrected chi connectivity index (χ2v) is 6.79. The Bertz CT molecular complexity index is 512. The average Bonchev–Trinajstić information content (AvgIpc) is 2.35. The van der Waals surface area contributed by atoms with Gasteiger partial charge in [0.15, 0.2) is 0 Å². The lowest BCUT2D eigenvalue weighted by molar-refractivity contribution is -0.138. The predicted molar refractivity (Wildman–Crippen MR) is 85.0 cm³/mol. The predicted octanol–water partition coefficient (Wildman–Crippen LogP) is 3.14. The highest BCUT2D eigenvalue weighted by Crippen LogP contribution is 2.22. The van der Waals surface area contributed by atoms with Crippen molar-refractivity contribution in [2.75, 3.05) is 0 Å². The van der Waals surface area contributed by atoms with Crippen molar-refractivity contribution in [3.05, 3.63) is 34.3 Å². The molecule has 6 heteroatoms. The Hall–Kier alpha value is -1.56. The Morgan fingerprint density at radius 1 is 1.29 bits per heavy atom. The Morgan fingerprint density at radius 2 is 1.90 bits per heavy atom. The summed E-state index contributed by atoms with van der Waals surface area (Å²) in [5.41, 5.74) is 0.626. The number of aliphatic carboxylic acids is 1. The Labute approximate surface area is 133 Å². The van der Waals surface area contributed by atoms with Crippen LogP contribution in [0.4, 0.5) is 4.79 Å². The lowest BCUT2D eigenvalue weighted by atomic mass is 9.85. The van der Waals surface area contributed by atoms with E-state index in [9.17, 15) is 9.59 Å². The fourth-order valence-electron chi connectivity index (χ4n) is 1.77. The quantitative estimate of drug-likeness (QED) is 0.758. The number of carbonyl (C=O) groups excluding carboxylic acids is 1. The summed E-state index contributed by atoms with van der Waals surface area (Å²) in [5.74, 6) is -0.930. The normalized spacial score (nSPS) is 12.6. The number of carboxylic acids is 1. The minimum Gasteiger partial charge on any atom is -0.481 e. The van der Waals surface area contributed by atoms with Crippen LogP contribution < -0.4 is 10.6 Å². The van der Waals surface area contributed by atoms with Gasteiger partial charge in [0.05, 0.1) is 6.42 Å². The van der Waals surface area contributed by atoms with Gasteiger partial charge >= 0.3 is 12.0 Å². The molecule has 1 aromatic carbocycles. The third-order valence-corrected chi connectivity index (χ3v) is 3.90. The van der Waals surface area contributed by atoms with E-state index >= 15 is 0 Å². The van der Waals surface area contributed by atoms with E-state index in [1.165, 1.54) is 0 Å². The second kappa shape index (κ2) is 7.45. The van der Waals surface area contributed by atoms with Crippen LogP contribution in [0.25, 0.3) is 0 Å². The van der Waals surface area contributed by atoms with Gasteiger partial charge in [0.2, 0.25) is 0 Å². The summed E-state index contributed by atoms with van der Waals surface area (Å²) in [7, 11) is 0. The lowest BCUT2D eigenvalue weighted by Gasteiger charge is -2.30. The SMILES string of the molecule is CC(C)(C)C(CC(=O)O)NC(=O)NCc1ccccc1Br. The number of benzene rings is 1. The van der Waals surface area contributed by atoms with Gasteiger partial charge in [-0.25, -0.2) is 4.79 Å². The number of nitrogens with one attached hydrogen (secondary N) is 2. The minimum absolute atomic E-state index is 0.105. The van der Waals surface area contributed by atoms with Gasteiger partial charge < -0.3 is 15.7 Å². The van der Waals surface area contributed by atoms with Gasteiger partial charge in [-0.1, -0.05) is 54.9 Å². The number of halogens is 1. The topological polar surface area (TPSA) is 78.4 Å². The largest absolute Gasteiger partial charge is 0.481 e. The van der Waals surface area contributed by atoms with Crippen molar-refractivity contribution in [2.24, 2.45) is 5.41 Å². The zero-order valence-corrected chi connectivity index (χ0v) is 14.0. The monoisotopic (exact) mass is 356 g/mol. The van der Waals surface area contributed by atoms with E-state index in [0.29, 0.717) is 6.54 Å². The van der Waals surface area contributed by atoms with Crippen LogP contribution in [0.2, 0.25) is 0 Å². The van der Waals surface area contributed by atoms with Crippen molar-refractivity contribution >= 4 is 27.9 Å². The molecule has 0 aliphatic heterocycles. The number of urea groups is 1. The molecule has 116 valence electrons. The van der Waals surface area contributed by atoms with Crippen molar-refractivity contribution in [1.29, 1.82) is 0 Å². The van der Waals surface area contributed by atoms with Gasteiger partial charge in [0.25, 0.3) is 0 Å². The van der Waals surface area contributed by atoms with Crippen LogP contribution in [0.5, 0.6) is 0 Å². The number of carbonyl (C=O) groups is 2. The molecule has 0 aliphatic carbocycles. The van der Waals surface area contributed by atoms with Gasteiger partial charge in [-0.05, 0) is 17.0 Å². The first-order valence-corrected chi connectivity index (χ1v) is 7.49. The standard InChI is InChI=1S/C15H21BrN2O3/c1-15(2,3)12(8-13(19)20)18-14(21)17-9-10-6-4-5-7-11(10)16/h4-7,12H,8-9H2,1-3H3,(H,19,20)(H2,17,18,21). The van der Waals surface area contributed by atoms with E-state index in [0.717, 1.165) is 10.0 Å². The fourth-order valence-corrected chi connectivity index (χ4v) is 2.20. The van der Waals surface area contributed by atoms with Gasteiger partial charge in [-0.3, -0.25) is 4.79 Å². The van der Waals surface area contributed by atoms with Crippen LogP contribution >= 0.6 is 15.9 Å². The van der Waals surface area contributed by atoms with E-state index in [2.05, 4.69) is 26.6 Å². The molecule has 0 aromatic heterocycles. The molecule has 0 bridgehead atoms. The maximum absolute atomic E-state index is 11.9. The first-order chi connectivity index (χ1) is 9.70. The number of hydrogen-bond donors (Lipinski definition) is 3. The average molecular weight is 357 g/mol. The van der Waals surface area contributed by atoms with Crippen LogP contribution in [0, 0.1) is 5.41 Å². The highest BCUT2D eigenvalue weighted by Gasteiger charge is 2.28. The summed E-state index contributed by atoms with van der Waals surface area (Å²) in [5, 5.41) is 14.4. The zero-order valence-electron chi connectivity index (χ0n) is 12.4. The van der Waals surface area contributed by atoms with E-state index in [1.807, 2.05) is 45.0 Å². The molecule has 1 unspecified atom stereocenters. The molecule has 1 rings (SSSR count). The Balaban J connectivity index is 2.58. The first-order valence-electron chi connectivity index (χ1n) is 6.69. The smallest absolute Gasteiger partial charge is 0.315 e. The van der Waals surface area contributed by atoms with Crippen molar-refractivity contribution in [3.63, 3.8) is 0 Å². The van der Waals surface area contributed by atoms with Crippen LogP contribution in [-0.2, 0) is 11.3 Å². The molecule has 0 saturated carbocycles. The third kappa shape index (κ3) is 6.16. The molecule has 0 fully saturated rings. The van der Waals surface area contributed by atoms with Crippen molar-refractivity contribution in [1.82, 2.24) is 10.6 Å². The molecule has 5 nitrogen and oxygen atoms in total. The molecule has 0 aliphatic rings. The van der Waals surface area contributed by atoms with Crippen LogP contribution in [0.15, 0.2) is 28.7 Å². The summed E-state index contributed by atoms with van der Waals surface area (Å²) in [4.78, 5) is 22.8. The number of rotatable bonds is 5. The van der Waals surface area contributed by atoms with Gasteiger partial charge in [-0.2, -0.15) is 0 Å². The molecule has 3 N–H and O–H groups in total.